The maximum atomic E-state index is 6.13. The number of rotatable bonds is 11. The van der Waals surface area contributed by atoms with Crippen LogP contribution in [0.25, 0.3) is 100 Å². The van der Waals surface area contributed by atoms with Gasteiger partial charge in [0.1, 0.15) is 0 Å². The normalized spacial score (nSPS) is 12.8. The average molecular weight is 1330 g/mol. The highest BCUT2D eigenvalue weighted by atomic mass is 15.2. The molecule has 2 aliphatic heterocycles. The van der Waals surface area contributed by atoms with Gasteiger partial charge in [-0.15, -0.1) is 0 Å². The van der Waals surface area contributed by atoms with Crippen LogP contribution >= 0.6 is 0 Å². The van der Waals surface area contributed by atoms with Crippen molar-refractivity contribution in [2.24, 2.45) is 0 Å². The molecule has 16 rings (SSSR count). The number of benzene rings is 13. The minimum absolute atomic E-state index is 0.170. The molecule has 0 saturated heterocycles. The molecule has 0 unspecified atom stereocenters. The van der Waals surface area contributed by atoms with Crippen LogP contribution in [0, 0.1) is 0 Å². The van der Waals surface area contributed by atoms with E-state index in [1.165, 1.54) is 49.8 Å². The van der Waals surface area contributed by atoms with Gasteiger partial charge in [-0.05, 0) is 235 Å². The van der Waals surface area contributed by atoms with Crippen molar-refractivity contribution < 1.29 is 0 Å². The van der Waals surface area contributed by atoms with Crippen LogP contribution in [0.1, 0.15) is 105 Å². The molecule has 0 fully saturated rings. The molecule has 0 spiro atoms. The summed E-state index contributed by atoms with van der Waals surface area (Å²) in [4.78, 5) is 11.4. The fourth-order valence-electron chi connectivity index (χ4n) is 15.3. The summed E-state index contributed by atoms with van der Waals surface area (Å²) in [6, 6.07) is 119. The molecule has 3 heterocycles. The second-order valence-electron chi connectivity index (χ2n) is 32.5. The van der Waals surface area contributed by atoms with Gasteiger partial charge in [-0.3, -0.25) is 0 Å². The molecule has 0 radical (unpaired) electrons. The molecule has 1 aromatic heterocycles. The zero-order valence-electron chi connectivity index (χ0n) is 61.4. The first-order valence-electron chi connectivity index (χ1n) is 36.6. The Hall–Kier alpha value is -11.3. The Labute approximate surface area is 611 Å². The van der Waals surface area contributed by atoms with Crippen molar-refractivity contribution in [1.82, 2.24) is 4.98 Å². The van der Waals surface area contributed by atoms with Crippen molar-refractivity contribution in [2.75, 3.05) is 9.80 Å². The molecule has 0 N–H and O–H groups in total. The Kier molecular flexibility index (Phi) is 16.7. The first kappa shape index (κ1) is 66.2. The summed E-state index contributed by atoms with van der Waals surface area (Å²) in [5, 5.41) is 0. The molecule has 3 nitrogen and oxygen atoms in total. The summed E-state index contributed by atoms with van der Waals surface area (Å²) < 4.78 is 0. The molecular formula is C99H88BN3. The van der Waals surface area contributed by atoms with E-state index in [0.29, 0.717) is 0 Å². The third kappa shape index (κ3) is 12.9. The monoisotopic (exact) mass is 1330 g/mol. The number of hydrogen-bond donors (Lipinski definition) is 0. The smallest absolute Gasteiger partial charge is 0.252 e. The zero-order valence-corrected chi connectivity index (χ0v) is 61.4. The quantitative estimate of drug-likeness (QED) is 0.120. The highest BCUT2D eigenvalue weighted by Crippen LogP contribution is 2.51. The van der Waals surface area contributed by atoms with Crippen molar-refractivity contribution in [3.05, 3.63) is 338 Å². The predicted octanol–water partition coefficient (Wildman–Crippen LogP) is 25.4. The Morgan fingerprint density at radius 2 is 0.456 bits per heavy atom. The lowest BCUT2D eigenvalue weighted by Gasteiger charge is -2.45. The minimum Gasteiger partial charge on any atom is -0.311 e. The standard InChI is InChI=1S/C99H88BN3/c1-96(2,3)81-59-82(97(4,5)6)62-85(61-81)102-91-55-71(65-31-19-13-20-32-65)43-45-87(91)100-88-46-44-72(66-33-21-14-22-34-66)56-92(88)103(86-63-83(98(7,8)9)60-84(64-86)99(10,11)12)94-58-80(57-93(102)95(94)100)90-54-78(77-49-73(67-35-23-15-24-36-67)47-74(50-77)68-37-25-16-26-38-68)53-89(101-90)79-51-75(69-39-27-17-28-40-69)48-76(52-79)70-41-29-18-30-42-70/h13-64H,1-12H3. The van der Waals surface area contributed by atoms with Crippen LogP contribution in [0.5, 0.6) is 0 Å². The lowest BCUT2D eigenvalue weighted by atomic mass is 9.33. The zero-order chi connectivity index (χ0) is 71.1. The van der Waals surface area contributed by atoms with Gasteiger partial charge in [0.15, 0.2) is 0 Å². The van der Waals surface area contributed by atoms with E-state index in [4.69, 9.17) is 4.98 Å². The van der Waals surface area contributed by atoms with Gasteiger partial charge >= 0.3 is 0 Å². The van der Waals surface area contributed by atoms with Crippen LogP contribution < -0.4 is 26.2 Å². The number of hydrogen-bond acceptors (Lipinski definition) is 3. The Bertz CT molecular complexity index is 5000. The van der Waals surface area contributed by atoms with Gasteiger partial charge in [0.2, 0.25) is 0 Å². The maximum absolute atomic E-state index is 6.13. The van der Waals surface area contributed by atoms with E-state index in [9.17, 15) is 0 Å². The molecule has 0 aliphatic carbocycles. The third-order valence-electron chi connectivity index (χ3n) is 21.1. The summed E-state index contributed by atoms with van der Waals surface area (Å²) >= 11 is 0. The van der Waals surface area contributed by atoms with Gasteiger partial charge in [0, 0.05) is 45.3 Å². The molecule has 0 bridgehead atoms. The fourth-order valence-corrected chi connectivity index (χ4v) is 15.3. The summed E-state index contributed by atoms with van der Waals surface area (Å²) in [7, 11) is 0. The highest BCUT2D eigenvalue weighted by Gasteiger charge is 2.45. The average Bonchev–Trinajstić information content (AvgIpc) is 0.692. The summed E-state index contributed by atoms with van der Waals surface area (Å²) in [6.07, 6.45) is 0. The molecule has 103 heavy (non-hydrogen) atoms. The van der Waals surface area contributed by atoms with Crippen LogP contribution in [0.4, 0.5) is 34.1 Å². The van der Waals surface area contributed by atoms with Crippen LogP contribution in [0.3, 0.4) is 0 Å². The summed E-state index contributed by atoms with van der Waals surface area (Å²) in [5.41, 5.74) is 34.8. The number of fused-ring (bicyclic) bond motifs is 4. The van der Waals surface area contributed by atoms with Crippen LogP contribution in [-0.2, 0) is 21.7 Å². The molecule has 13 aromatic carbocycles. The van der Waals surface area contributed by atoms with Gasteiger partial charge in [-0.1, -0.05) is 301 Å². The lowest BCUT2D eigenvalue weighted by Crippen LogP contribution is -2.61. The molecule has 0 amide bonds. The Balaban J connectivity index is 1.06. The topological polar surface area (TPSA) is 19.4 Å². The Morgan fingerprint density at radius 3 is 0.748 bits per heavy atom. The van der Waals surface area contributed by atoms with Crippen LogP contribution in [0.2, 0.25) is 0 Å². The minimum atomic E-state index is -0.170. The molecule has 2 aliphatic rings. The Morgan fingerprint density at radius 1 is 0.214 bits per heavy atom. The highest BCUT2D eigenvalue weighted by molar-refractivity contribution is 7.00. The van der Waals surface area contributed by atoms with Crippen molar-refractivity contribution >= 4 is 57.2 Å². The number of pyridine rings is 1. The van der Waals surface area contributed by atoms with Gasteiger partial charge < -0.3 is 9.80 Å². The lowest BCUT2D eigenvalue weighted by molar-refractivity contribution is 0.568. The molecule has 0 saturated carbocycles. The molecule has 14 aromatic rings. The number of aromatic nitrogens is 1. The summed E-state index contributed by atoms with van der Waals surface area (Å²) in [6.45, 7) is 28.1. The van der Waals surface area contributed by atoms with Crippen molar-refractivity contribution in [3.8, 4) is 100 Å². The molecular weight excluding hydrogens is 1240 g/mol. The molecule has 4 heteroatoms. The van der Waals surface area contributed by atoms with Gasteiger partial charge in [0.25, 0.3) is 6.71 Å². The second-order valence-corrected chi connectivity index (χ2v) is 32.5. The van der Waals surface area contributed by atoms with Crippen molar-refractivity contribution in [1.29, 1.82) is 0 Å². The van der Waals surface area contributed by atoms with Crippen LogP contribution in [0.15, 0.2) is 315 Å². The van der Waals surface area contributed by atoms with E-state index in [-0.39, 0.29) is 28.4 Å². The summed E-state index contributed by atoms with van der Waals surface area (Å²) in [5.74, 6) is 0. The third-order valence-corrected chi connectivity index (χ3v) is 21.1. The van der Waals surface area contributed by atoms with Gasteiger partial charge in [-0.25, -0.2) is 4.98 Å². The molecule has 0 atom stereocenters. The predicted molar refractivity (Wildman–Crippen MR) is 442 cm³/mol. The van der Waals surface area contributed by atoms with E-state index < -0.39 is 0 Å². The van der Waals surface area contributed by atoms with Crippen molar-refractivity contribution in [2.45, 2.75) is 105 Å². The van der Waals surface area contributed by atoms with Crippen LogP contribution in [-0.4, -0.2) is 11.7 Å². The first-order chi connectivity index (χ1) is 49.5. The van der Waals surface area contributed by atoms with E-state index in [1.54, 1.807) is 0 Å². The molecule has 502 valence electrons. The van der Waals surface area contributed by atoms with Gasteiger partial charge in [-0.2, -0.15) is 0 Å². The fraction of sp³-hybridized carbons (Fsp3) is 0.162. The maximum Gasteiger partial charge on any atom is 0.252 e. The first-order valence-corrected chi connectivity index (χ1v) is 36.6. The van der Waals surface area contributed by atoms with E-state index >= 15 is 0 Å². The second kappa shape index (κ2) is 25.9. The largest absolute Gasteiger partial charge is 0.311 e. The van der Waals surface area contributed by atoms with E-state index in [1.807, 2.05) is 0 Å². The number of anilines is 6. The van der Waals surface area contributed by atoms with E-state index in [0.717, 1.165) is 123 Å². The van der Waals surface area contributed by atoms with E-state index in [2.05, 4.69) is 408 Å². The SMILES string of the molecule is CC(C)(C)c1cc(N2c3cc(-c4ccccc4)ccc3B3c4ccc(-c5ccccc5)cc4N(c4cc(C(C)(C)C)cc(C(C)(C)C)c4)c4cc(-c5cc(-c6cc(-c7ccccc7)cc(-c7ccccc7)c6)cc(-c6cc(-c7ccccc7)cc(-c7ccccc7)c6)n5)cc2c43)cc(C(C)(C)C)c1. The van der Waals surface area contributed by atoms with Gasteiger partial charge in [0.05, 0.1) is 11.4 Å². The number of nitrogens with zero attached hydrogens (tertiary/aromatic N) is 3. The van der Waals surface area contributed by atoms with Crippen molar-refractivity contribution in [3.63, 3.8) is 0 Å².